The van der Waals surface area contributed by atoms with Crippen LogP contribution in [0, 0.1) is 0 Å². The number of nitrogens with one attached hydrogen (secondary N) is 1. The summed E-state index contributed by atoms with van der Waals surface area (Å²) in [6.07, 6.45) is 8.10. The molecule has 0 fully saturated rings. The lowest BCUT2D eigenvalue weighted by Crippen LogP contribution is -2.14. The molecule has 0 aliphatic rings. The van der Waals surface area contributed by atoms with E-state index < -0.39 is 0 Å². The molecule has 0 aromatic carbocycles. The van der Waals surface area contributed by atoms with E-state index in [-0.39, 0.29) is 0 Å². The van der Waals surface area contributed by atoms with Gasteiger partial charge in [0.2, 0.25) is 0 Å². The fraction of sp³-hybridized carbons (Fsp3) is 0.333. The van der Waals surface area contributed by atoms with Crippen molar-refractivity contribution in [1.82, 2.24) is 25.3 Å². The van der Waals surface area contributed by atoms with E-state index in [1.165, 1.54) is 0 Å². The minimum absolute atomic E-state index is 0.556. The smallest absolute Gasteiger partial charge is 0.197 e. The number of hydrogen-bond acceptors (Lipinski definition) is 5. The minimum Gasteiger partial charge on any atom is -0.313 e. The Kier molecular flexibility index (Phi) is 4.10. The second-order valence-electron chi connectivity index (χ2n) is 3.66. The quantitative estimate of drug-likeness (QED) is 0.786. The fourth-order valence-electron chi connectivity index (χ4n) is 1.39. The molecule has 0 aliphatic heterocycles. The molecule has 1 N–H and O–H groups in total. The molecule has 0 saturated heterocycles. The lowest BCUT2D eigenvalue weighted by molar-refractivity contribution is 0.672. The molecule has 2 aromatic heterocycles. The van der Waals surface area contributed by atoms with E-state index in [0.717, 1.165) is 25.1 Å². The van der Waals surface area contributed by atoms with E-state index in [1.54, 1.807) is 30.9 Å². The van der Waals surface area contributed by atoms with Crippen molar-refractivity contribution in [2.24, 2.45) is 0 Å². The Morgan fingerprint density at radius 3 is 2.29 bits per heavy atom. The SMILES string of the molecule is CCCNCc1cnc(-c2ncccn2)nc1. The molecular formula is C12H15N5. The van der Waals surface area contributed by atoms with Crippen molar-refractivity contribution < 1.29 is 0 Å². The third-order valence-corrected chi connectivity index (χ3v) is 2.23. The highest BCUT2D eigenvalue weighted by atomic mass is 15.0. The molecule has 0 spiro atoms. The second kappa shape index (κ2) is 6.00. The summed E-state index contributed by atoms with van der Waals surface area (Å²) < 4.78 is 0. The number of nitrogens with zero attached hydrogens (tertiary/aromatic N) is 4. The van der Waals surface area contributed by atoms with Gasteiger partial charge >= 0.3 is 0 Å². The molecule has 0 atom stereocenters. The second-order valence-corrected chi connectivity index (χ2v) is 3.66. The van der Waals surface area contributed by atoms with Crippen molar-refractivity contribution in [2.45, 2.75) is 19.9 Å². The van der Waals surface area contributed by atoms with Crippen LogP contribution in [0.3, 0.4) is 0 Å². The summed E-state index contributed by atoms with van der Waals surface area (Å²) in [7, 11) is 0. The van der Waals surface area contributed by atoms with Crippen LogP contribution in [0.15, 0.2) is 30.9 Å². The van der Waals surface area contributed by atoms with Crippen molar-refractivity contribution in [1.29, 1.82) is 0 Å². The van der Waals surface area contributed by atoms with Crippen LogP contribution >= 0.6 is 0 Å². The monoisotopic (exact) mass is 229 g/mol. The summed E-state index contributed by atoms with van der Waals surface area (Å²) in [5, 5.41) is 3.30. The zero-order valence-electron chi connectivity index (χ0n) is 9.80. The van der Waals surface area contributed by atoms with Crippen molar-refractivity contribution in [3.63, 3.8) is 0 Å². The van der Waals surface area contributed by atoms with Crippen LogP contribution in [0.1, 0.15) is 18.9 Å². The molecule has 2 heterocycles. The van der Waals surface area contributed by atoms with Gasteiger partial charge in [0.05, 0.1) is 0 Å². The Bertz CT molecular complexity index is 440. The van der Waals surface area contributed by atoms with Gasteiger partial charge in [-0.25, -0.2) is 19.9 Å². The maximum absolute atomic E-state index is 4.25. The van der Waals surface area contributed by atoms with Crippen LogP contribution in [0.2, 0.25) is 0 Å². The summed E-state index contributed by atoms with van der Waals surface area (Å²) in [5.41, 5.74) is 1.07. The first-order valence-corrected chi connectivity index (χ1v) is 5.69. The number of aromatic nitrogens is 4. The van der Waals surface area contributed by atoms with Gasteiger partial charge in [-0.3, -0.25) is 0 Å². The van der Waals surface area contributed by atoms with Crippen molar-refractivity contribution in [3.05, 3.63) is 36.4 Å². The molecule has 88 valence electrons. The molecule has 0 saturated carbocycles. The van der Waals surface area contributed by atoms with E-state index in [0.29, 0.717) is 11.6 Å². The molecular weight excluding hydrogens is 214 g/mol. The van der Waals surface area contributed by atoms with Crippen LogP contribution in [0.25, 0.3) is 11.6 Å². The molecule has 2 rings (SSSR count). The molecule has 2 aromatic rings. The van der Waals surface area contributed by atoms with E-state index in [4.69, 9.17) is 0 Å². The lowest BCUT2D eigenvalue weighted by Gasteiger charge is -2.03. The molecule has 5 heteroatoms. The number of hydrogen-bond donors (Lipinski definition) is 1. The van der Waals surface area contributed by atoms with Crippen molar-refractivity contribution in [3.8, 4) is 11.6 Å². The first-order chi connectivity index (χ1) is 8.40. The lowest BCUT2D eigenvalue weighted by atomic mass is 10.3. The third kappa shape index (κ3) is 3.29. The van der Waals surface area contributed by atoms with Gasteiger partial charge in [0, 0.05) is 36.9 Å². The van der Waals surface area contributed by atoms with Gasteiger partial charge in [-0.2, -0.15) is 0 Å². The maximum atomic E-state index is 4.25. The molecule has 0 unspecified atom stereocenters. The summed E-state index contributed by atoms with van der Waals surface area (Å²) >= 11 is 0. The van der Waals surface area contributed by atoms with Gasteiger partial charge in [0.25, 0.3) is 0 Å². The molecule has 5 nitrogen and oxygen atoms in total. The van der Waals surface area contributed by atoms with E-state index >= 15 is 0 Å². The predicted molar refractivity (Wildman–Crippen MR) is 65.1 cm³/mol. The Hall–Kier alpha value is -1.88. The highest BCUT2D eigenvalue weighted by Crippen LogP contribution is 2.06. The van der Waals surface area contributed by atoms with Crippen molar-refractivity contribution >= 4 is 0 Å². The summed E-state index contributed by atoms with van der Waals surface area (Å²) in [4.78, 5) is 16.7. The first kappa shape index (κ1) is 11.6. The molecule has 0 aliphatic carbocycles. The van der Waals surface area contributed by atoms with Gasteiger partial charge in [-0.15, -0.1) is 0 Å². The van der Waals surface area contributed by atoms with Gasteiger partial charge in [0.15, 0.2) is 11.6 Å². The predicted octanol–water partition coefficient (Wildman–Crippen LogP) is 1.43. The third-order valence-electron chi connectivity index (χ3n) is 2.23. The number of rotatable bonds is 5. The summed E-state index contributed by atoms with van der Waals surface area (Å²) in [5.74, 6) is 1.12. The van der Waals surface area contributed by atoms with Crippen LogP contribution in [0.5, 0.6) is 0 Å². The Morgan fingerprint density at radius 1 is 1.00 bits per heavy atom. The summed E-state index contributed by atoms with van der Waals surface area (Å²) in [6, 6.07) is 1.77. The minimum atomic E-state index is 0.556. The zero-order chi connectivity index (χ0) is 11.9. The van der Waals surface area contributed by atoms with Gasteiger partial charge in [-0.1, -0.05) is 6.92 Å². The molecule has 0 amide bonds. The van der Waals surface area contributed by atoms with E-state index in [9.17, 15) is 0 Å². The van der Waals surface area contributed by atoms with Crippen LogP contribution in [0.4, 0.5) is 0 Å². The Labute approximate surface area is 100 Å². The van der Waals surface area contributed by atoms with E-state index in [2.05, 4.69) is 32.2 Å². The molecule has 17 heavy (non-hydrogen) atoms. The van der Waals surface area contributed by atoms with E-state index in [1.807, 2.05) is 0 Å². The van der Waals surface area contributed by atoms with Crippen molar-refractivity contribution in [2.75, 3.05) is 6.54 Å². The Morgan fingerprint density at radius 2 is 1.65 bits per heavy atom. The molecule has 0 radical (unpaired) electrons. The first-order valence-electron chi connectivity index (χ1n) is 5.69. The van der Waals surface area contributed by atoms with Gasteiger partial charge in [0.1, 0.15) is 0 Å². The van der Waals surface area contributed by atoms with Crippen LogP contribution in [-0.4, -0.2) is 26.5 Å². The summed E-state index contributed by atoms with van der Waals surface area (Å²) in [6.45, 7) is 3.94. The topological polar surface area (TPSA) is 63.6 Å². The average molecular weight is 229 g/mol. The van der Waals surface area contributed by atoms with Gasteiger partial charge in [-0.05, 0) is 19.0 Å². The average Bonchev–Trinajstić information content (AvgIpc) is 2.41. The Balaban J connectivity index is 2.03. The normalized spacial score (nSPS) is 10.4. The fourth-order valence-corrected chi connectivity index (χ4v) is 1.39. The van der Waals surface area contributed by atoms with Crippen LogP contribution < -0.4 is 5.32 Å². The maximum Gasteiger partial charge on any atom is 0.197 e. The highest BCUT2D eigenvalue weighted by molar-refractivity contribution is 5.41. The van der Waals surface area contributed by atoms with Crippen LogP contribution in [-0.2, 0) is 6.54 Å². The highest BCUT2D eigenvalue weighted by Gasteiger charge is 2.02. The zero-order valence-corrected chi connectivity index (χ0v) is 9.80. The molecule has 0 bridgehead atoms. The standard InChI is InChI=1S/C12H15N5/c1-2-4-13-7-10-8-16-12(17-9-10)11-14-5-3-6-15-11/h3,5-6,8-9,13H,2,4,7H2,1H3. The van der Waals surface area contributed by atoms with Gasteiger partial charge < -0.3 is 5.32 Å². The largest absolute Gasteiger partial charge is 0.313 e.